The maximum absolute atomic E-state index is 9.83. The third-order valence-electron chi connectivity index (χ3n) is 4.22. The van der Waals surface area contributed by atoms with E-state index in [1.807, 2.05) is 19.2 Å². The number of anilines is 1. The third kappa shape index (κ3) is 3.08. The lowest BCUT2D eigenvalue weighted by atomic mass is 10.0. The van der Waals surface area contributed by atoms with Crippen LogP contribution in [0.5, 0.6) is 0 Å². The number of pyridine rings is 1. The van der Waals surface area contributed by atoms with Crippen LogP contribution >= 0.6 is 0 Å². The highest BCUT2D eigenvalue weighted by molar-refractivity contribution is 5.47. The van der Waals surface area contributed by atoms with Crippen LogP contribution in [0.2, 0.25) is 0 Å². The molecule has 0 aliphatic carbocycles. The molecule has 0 radical (unpaired) electrons. The topological polar surface area (TPSA) is 36.4 Å². The van der Waals surface area contributed by atoms with E-state index >= 15 is 0 Å². The molecular formula is C18H22N2O. The van der Waals surface area contributed by atoms with E-state index in [1.165, 1.54) is 11.1 Å². The maximum Gasteiger partial charge on any atom is 0.0957 e. The van der Waals surface area contributed by atoms with Crippen LogP contribution in [0.1, 0.15) is 42.7 Å². The zero-order chi connectivity index (χ0) is 14.7. The van der Waals surface area contributed by atoms with Gasteiger partial charge in [0.05, 0.1) is 23.7 Å². The fourth-order valence-corrected chi connectivity index (χ4v) is 2.91. The Morgan fingerprint density at radius 3 is 2.71 bits per heavy atom. The van der Waals surface area contributed by atoms with Crippen LogP contribution in [-0.2, 0) is 13.0 Å². The maximum atomic E-state index is 9.83. The Morgan fingerprint density at radius 2 is 2.00 bits per heavy atom. The Bertz CT molecular complexity index is 594. The van der Waals surface area contributed by atoms with E-state index < -0.39 is 6.10 Å². The van der Waals surface area contributed by atoms with E-state index in [0.717, 1.165) is 37.3 Å². The van der Waals surface area contributed by atoms with Crippen molar-refractivity contribution in [2.75, 3.05) is 11.4 Å². The average molecular weight is 282 g/mol. The second-order valence-electron chi connectivity index (χ2n) is 5.66. The number of rotatable bonds is 3. The van der Waals surface area contributed by atoms with Crippen LogP contribution in [0.15, 0.2) is 42.6 Å². The van der Waals surface area contributed by atoms with Crippen molar-refractivity contribution < 1.29 is 5.11 Å². The van der Waals surface area contributed by atoms with Crippen LogP contribution in [0.4, 0.5) is 5.69 Å². The van der Waals surface area contributed by atoms with E-state index in [9.17, 15) is 5.11 Å². The van der Waals surface area contributed by atoms with Gasteiger partial charge in [0.2, 0.25) is 0 Å². The lowest BCUT2D eigenvalue weighted by Crippen LogP contribution is -2.22. The Balaban J connectivity index is 1.81. The molecule has 3 rings (SSSR count). The molecule has 1 aliphatic heterocycles. The number of nitrogens with zero attached hydrogens (tertiary/aromatic N) is 2. The molecule has 3 heteroatoms. The molecular weight excluding hydrogens is 260 g/mol. The first-order valence-electron chi connectivity index (χ1n) is 7.73. The summed E-state index contributed by atoms with van der Waals surface area (Å²) in [6, 6.07) is 12.7. The van der Waals surface area contributed by atoms with Gasteiger partial charge in [-0.05, 0) is 42.5 Å². The molecule has 2 aromatic rings. The van der Waals surface area contributed by atoms with Gasteiger partial charge >= 0.3 is 0 Å². The molecule has 0 spiro atoms. The van der Waals surface area contributed by atoms with Crippen molar-refractivity contribution in [1.82, 2.24) is 4.98 Å². The van der Waals surface area contributed by atoms with E-state index in [1.54, 1.807) is 0 Å². The first-order chi connectivity index (χ1) is 10.3. The van der Waals surface area contributed by atoms with E-state index in [-0.39, 0.29) is 0 Å². The normalized spacial score (nSPS) is 16.2. The molecule has 1 unspecified atom stereocenters. The van der Waals surface area contributed by atoms with Crippen molar-refractivity contribution in [1.29, 1.82) is 0 Å². The highest BCUT2D eigenvalue weighted by Crippen LogP contribution is 2.24. The summed E-state index contributed by atoms with van der Waals surface area (Å²) in [5, 5.41) is 9.83. The first-order valence-corrected chi connectivity index (χ1v) is 7.73. The van der Waals surface area contributed by atoms with Gasteiger partial charge in [0.25, 0.3) is 0 Å². The van der Waals surface area contributed by atoms with Crippen molar-refractivity contribution in [2.24, 2.45) is 0 Å². The quantitative estimate of drug-likeness (QED) is 0.936. The predicted molar refractivity (Wildman–Crippen MR) is 85.3 cm³/mol. The van der Waals surface area contributed by atoms with Crippen LogP contribution < -0.4 is 4.90 Å². The van der Waals surface area contributed by atoms with Gasteiger partial charge in [0, 0.05) is 13.1 Å². The zero-order valence-electron chi connectivity index (χ0n) is 12.5. The number of hydrogen-bond donors (Lipinski definition) is 1. The van der Waals surface area contributed by atoms with Gasteiger partial charge in [-0.3, -0.25) is 4.98 Å². The summed E-state index contributed by atoms with van der Waals surface area (Å²) in [6.07, 6.45) is 4.44. The number of hydrogen-bond acceptors (Lipinski definition) is 3. The minimum absolute atomic E-state index is 0.455. The molecule has 2 heterocycles. The highest BCUT2D eigenvalue weighted by Gasteiger charge is 2.15. The second kappa shape index (κ2) is 6.27. The molecule has 110 valence electrons. The Hall–Kier alpha value is -1.87. The number of aromatic nitrogens is 1. The molecule has 1 aliphatic rings. The zero-order valence-corrected chi connectivity index (χ0v) is 12.5. The molecule has 1 atom stereocenters. The predicted octanol–water partition coefficient (Wildman–Crippen LogP) is 3.48. The lowest BCUT2D eigenvalue weighted by Gasteiger charge is -2.23. The van der Waals surface area contributed by atoms with E-state index in [4.69, 9.17) is 0 Å². The molecule has 21 heavy (non-hydrogen) atoms. The van der Waals surface area contributed by atoms with Gasteiger partial charge in [-0.15, -0.1) is 0 Å². The molecule has 0 saturated carbocycles. The van der Waals surface area contributed by atoms with Crippen molar-refractivity contribution in [3.63, 3.8) is 0 Å². The minimum atomic E-state index is -0.455. The summed E-state index contributed by atoms with van der Waals surface area (Å²) in [7, 11) is 0. The van der Waals surface area contributed by atoms with Crippen molar-refractivity contribution >= 4 is 5.69 Å². The van der Waals surface area contributed by atoms with Crippen molar-refractivity contribution in [2.45, 2.75) is 38.8 Å². The van der Waals surface area contributed by atoms with E-state index in [0.29, 0.717) is 6.42 Å². The Morgan fingerprint density at radius 1 is 1.19 bits per heavy atom. The molecule has 0 fully saturated rings. The Kier molecular flexibility index (Phi) is 4.20. The standard InChI is InChI=1S/C18H22N2O/c1-2-18(21)17-10-9-16(12-19-17)20-11-5-8-14-6-3-4-7-15(14)13-20/h3-4,6-7,9-10,12,18,21H,2,5,8,11,13H2,1H3. The largest absolute Gasteiger partial charge is 0.387 e. The smallest absolute Gasteiger partial charge is 0.0957 e. The fraction of sp³-hybridized carbons (Fsp3) is 0.389. The number of fused-ring (bicyclic) bond motifs is 1. The first kappa shape index (κ1) is 14.1. The summed E-state index contributed by atoms with van der Waals surface area (Å²) in [5.74, 6) is 0. The fourth-order valence-electron chi connectivity index (χ4n) is 2.91. The Labute approximate surface area is 126 Å². The van der Waals surface area contributed by atoms with Gasteiger partial charge in [-0.25, -0.2) is 0 Å². The van der Waals surface area contributed by atoms with Gasteiger partial charge in [0.15, 0.2) is 0 Å². The highest BCUT2D eigenvalue weighted by atomic mass is 16.3. The van der Waals surface area contributed by atoms with Crippen LogP contribution in [0.3, 0.4) is 0 Å². The molecule has 0 saturated heterocycles. The molecule has 0 bridgehead atoms. The number of benzene rings is 1. The lowest BCUT2D eigenvalue weighted by molar-refractivity contribution is 0.169. The summed E-state index contributed by atoms with van der Waals surface area (Å²) in [6.45, 7) is 3.95. The van der Waals surface area contributed by atoms with E-state index in [2.05, 4.69) is 40.2 Å². The summed E-state index contributed by atoms with van der Waals surface area (Å²) in [4.78, 5) is 6.80. The molecule has 1 aromatic heterocycles. The molecule has 0 amide bonds. The van der Waals surface area contributed by atoms with Crippen LogP contribution in [0, 0.1) is 0 Å². The van der Waals surface area contributed by atoms with Gasteiger partial charge in [-0.1, -0.05) is 31.2 Å². The van der Waals surface area contributed by atoms with Crippen molar-refractivity contribution in [3.8, 4) is 0 Å². The van der Waals surface area contributed by atoms with Gasteiger partial charge in [0.1, 0.15) is 0 Å². The minimum Gasteiger partial charge on any atom is -0.387 e. The summed E-state index contributed by atoms with van der Waals surface area (Å²) >= 11 is 0. The average Bonchev–Trinajstić information content (AvgIpc) is 2.76. The SMILES string of the molecule is CCC(O)c1ccc(N2CCCc3ccccc3C2)cn1. The van der Waals surface area contributed by atoms with Gasteiger partial charge in [-0.2, -0.15) is 0 Å². The molecule has 1 aromatic carbocycles. The van der Waals surface area contributed by atoms with Gasteiger partial charge < -0.3 is 10.0 Å². The second-order valence-corrected chi connectivity index (χ2v) is 5.66. The van der Waals surface area contributed by atoms with Crippen molar-refractivity contribution in [3.05, 3.63) is 59.4 Å². The van der Waals surface area contributed by atoms with Crippen LogP contribution in [-0.4, -0.2) is 16.6 Å². The third-order valence-corrected chi connectivity index (χ3v) is 4.22. The number of aliphatic hydroxyl groups is 1. The number of aliphatic hydroxyl groups excluding tert-OH is 1. The summed E-state index contributed by atoms with van der Waals surface area (Å²) < 4.78 is 0. The molecule has 3 nitrogen and oxygen atoms in total. The summed E-state index contributed by atoms with van der Waals surface area (Å²) in [5.41, 5.74) is 4.77. The number of aryl methyl sites for hydroxylation is 1. The van der Waals surface area contributed by atoms with Crippen LogP contribution in [0.25, 0.3) is 0 Å². The molecule has 1 N–H and O–H groups in total. The monoisotopic (exact) mass is 282 g/mol.